The Kier molecular flexibility index (Phi) is 5.32. The number of nitrogens with one attached hydrogen (secondary N) is 1. The summed E-state index contributed by atoms with van der Waals surface area (Å²) in [5.74, 6) is -0.368. The average Bonchev–Trinajstić information content (AvgIpc) is 2.68. The van der Waals surface area contributed by atoms with Crippen molar-refractivity contribution in [3.8, 4) is 5.75 Å². The lowest BCUT2D eigenvalue weighted by Gasteiger charge is -2.32. The number of hydrogen-bond donors (Lipinski definition) is 1. The Labute approximate surface area is 152 Å². The zero-order valence-electron chi connectivity index (χ0n) is 14.5. The Balaban J connectivity index is 1.79. The van der Waals surface area contributed by atoms with Crippen molar-refractivity contribution in [1.29, 1.82) is 0 Å². The summed E-state index contributed by atoms with van der Waals surface area (Å²) in [6.07, 6.45) is 0. The van der Waals surface area contributed by atoms with Gasteiger partial charge in [0.25, 0.3) is 5.91 Å². The topological polar surface area (TPSA) is 38.3 Å². The van der Waals surface area contributed by atoms with Crippen LogP contribution in [0.15, 0.2) is 84.9 Å². The Morgan fingerprint density at radius 3 is 2.04 bits per heavy atom. The molecule has 3 aromatic rings. The second-order valence-corrected chi connectivity index (χ2v) is 6.15. The number of rotatable bonds is 6. The maximum Gasteiger partial charge on any atom is 0.258 e. The van der Waals surface area contributed by atoms with Crippen LogP contribution in [0.2, 0.25) is 0 Å². The lowest BCUT2D eigenvalue weighted by Crippen LogP contribution is -2.46. The standard InChI is InChI=1S/C22H20FNO2/c1-22(17-9-4-2-5-10-17,18-11-6-3-7-12-18)24-21(25)16-26-20-14-8-13-19(23)15-20/h2-15H,16H2,1H3,(H,24,25). The van der Waals surface area contributed by atoms with Gasteiger partial charge in [-0.25, -0.2) is 4.39 Å². The fourth-order valence-electron chi connectivity index (χ4n) is 2.87. The number of amides is 1. The number of benzene rings is 3. The number of ether oxygens (including phenoxy) is 1. The third-order valence-electron chi connectivity index (χ3n) is 4.26. The molecular formula is C22H20FNO2. The van der Waals surface area contributed by atoms with E-state index in [1.165, 1.54) is 12.1 Å². The van der Waals surface area contributed by atoms with Crippen LogP contribution in [0.4, 0.5) is 4.39 Å². The first kappa shape index (κ1) is 17.7. The van der Waals surface area contributed by atoms with E-state index in [0.717, 1.165) is 11.1 Å². The molecule has 0 aliphatic heterocycles. The molecule has 0 spiro atoms. The second kappa shape index (κ2) is 7.83. The van der Waals surface area contributed by atoms with Gasteiger partial charge in [-0.3, -0.25) is 4.79 Å². The summed E-state index contributed by atoms with van der Waals surface area (Å²) in [5, 5.41) is 3.05. The fraction of sp³-hybridized carbons (Fsp3) is 0.136. The molecule has 0 radical (unpaired) electrons. The highest BCUT2D eigenvalue weighted by molar-refractivity contribution is 5.79. The highest BCUT2D eigenvalue weighted by Crippen LogP contribution is 2.29. The molecule has 26 heavy (non-hydrogen) atoms. The summed E-state index contributed by atoms with van der Waals surface area (Å²) >= 11 is 0. The summed E-state index contributed by atoms with van der Waals surface area (Å²) in [6, 6.07) is 25.2. The fourth-order valence-corrected chi connectivity index (χ4v) is 2.87. The van der Waals surface area contributed by atoms with Crippen LogP contribution in [0.25, 0.3) is 0 Å². The van der Waals surface area contributed by atoms with Gasteiger partial charge < -0.3 is 10.1 Å². The van der Waals surface area contributed by atoms with E-state index in [-0.39, 0.29) is 12.5 Å². The number of hydrogen-bond acceptors (Lipinski definition) is 2. The van der Waals surface area contributed by atoms with Gasteiger partial charge in [0.1, 0.15) is 11.6 Å². The summed E-state index contributed by atoms with van der Waals surface area (Å²) < 4.78 is 18.6. The van der Waals surface area contributed by atoms with E-state index in [2.05, 4.69) is 5.32 Å². The summed E-state index contributed by atoms with van der Waals surface area (Å²) in [5.41, 5.74) is 1.22. The molecule has 1 N–H and O–H groups in total. The van der Waals surface area contributed by atoms with Crippen molar-refractivity contribution in [3.63, 3.8) is 0 Å². The summed E-state index contributed by atoms with van der Waals surface area (Å²) in [6.45, 7) is 1.76. The molecule has 1 amide bonds. The minimum Gasteiger partial charge on any atom is -0.484 e. The first-order valence-corrected chi connectivity index (χ1v) is 8.38. The molecule has 0 saturated carbocycles. The molecule has 0 aliphatic carbocycles. The van der Waals surface area contributed by atoms with Crippen molar-refractivity contribution in [2.75, 3.05) is 6.61 Å². The Morgan fingerprint density at radius 2 is 1.50 bits per heavy atom. The molecule has 0 heterocycles. The predicted molar refractivity (Wildman–Crippen MR) is 99.4 cm³/mol. The molecule has 3 nitrogen and oxygen atoms in total. The molecule has 4 heteroatoms. The molecule has 0 unspecified atom stereocenters. The molecule has 0 bridgehead atoms. The van der Waals surface area contributed by atoms with Gasteiger partial charge in [-0.1, -0.05) is 66.7 Å². The largest absolute Gasteiger partial charge is 0.484 e. The number of carbonyl (C=O) groups is 1. The quantitative estimate of drug-likeness (QED) is 0.721. The van der Waals surface area contributed by atoms with Crippen LogP contribution in [0, 0.1) is 5.82 Å². The van der Waals surface area contributed by atoms with Crippen molar-refractivity contribution < 1.29 is 13.9 Å². The molecule has 0 fully saturated rings. The van der Waals surface area contributed by atoms with Crippen LogP contribution < -0.4 is 10.1 Å². The highest BCUT2D eigenvalue weighted by Gasteiger charge is 2.30. The third-order valence-corrected chi connectivity index (χ3v) is 4.26. The van der Waals surface area contributed by atoms with Crippen molar-refractivity contribution in [2.45, 2.75) is 12.5 Å². The zero-order valence-corrected chi connectivity index (χ0v) is 14.5. The minimum atomic E-state index is -0.703. The van der Waals surface area contributed by atoms with Crippen molar-refractivity contribution in [2.24, 2.45) is 0 Å². The van der Waals surface area contributed by atoms with Crippen LogP contribution >= 0.6 is 0 Å². The molecule has 0 saturated heterocycles. The van der Waals surface area contributed by atoms with Crippen molar-refractivity contribution in [1.82, 2.24) is 5.32 Å². The van der Waals surface area contributed by atoms with Gasteiger partial charge in [0.2, 0.25) is 0 Å². The van der Waals surface area contributed by atoms with Gasteiger partial charge in [0.15, 0.2) is 6.61 Å². The number of carbonyl (C=O) groups excluding carboxylic acids is 1. The molecule has 0 aromatic heterocycles. The van der Waals surface area contributed by atoms with E-state index >= 15 is 0 Å². The minimum absolute atomic E-state index is 0.196. The smallest absolute Gasteiger partial charge is 0.258 e. The molecule has 0 aliphatic rings. The van der Waals surface area contributed by atoms with E-state index < -0.39 is 11.4 Å². The SMILES string of the molecule is CC(NC(=O)COc1cccc(F)c1)(c1ccccc1)c1ccccc1. The van der Waals surface area contributed by atoms with Crippen LogP contribution in [-0.2, 0) is 10.3 Å². The number of halogens is 1. The Hall–Kier alpha value is -3.14. The van der Waals surface area contributed by atoms with Gasteiger partial charge >= 0.3 is 0 Å². The maximum atomic E-state index is 13.2. The van der Waals surface area contributed by atoms with Crippen LogP contribution in [-0.4, -0.2) is 12.5 Å². The van der Waals surface area contributed by atoms with Gasteiger partial charge in [-0.05, 0) is 30.2 Å². The maximum absolute atomic E-state index is 13.2. The van der Waals surface area contributed by atoms with Crippen molar-refractivity contribution in [3.05, 3.63) is 102 Å². The van der Waals surface area contributed by atoms with E-state index in [0.29, 0.717) is 5.75 Å². The van der Waals surface area contributed by atoms with E-state index in [1.54, 1.807) is 12.1 Å². The molecular weight excluding hydrogens is 329 g/mol. The van der Waals surface area contributed by atoms with E-state index in [9.17, 15) is 9.18 Å². The van der Waals surface area contributed by atoms with E-state index in [1.807, 2.05) is 67.6 Å². The lowest BCUT2D eigenvalue weighted by molar-refractivity contribution is -0.124. The van der Waals surface area contributed by atoms with Crippen molar-refractivity contribution >= 4 is 5.91 Å². The van der Waals surface area contributed by atoms with Gasteiger partial charge in [-0.2, -0.15) is 0 Å². The van der Waals surface area contributed by atoms with Crippen LogP contribution in [0.5, 0.6) is 5.75 Å². The van der Waals surface area contributed by atoms with Crippen LogP contribution in [0.3, 0.4) is 0 Å². The van der Waals surface area contributed by atoms with Gasteiger partial charge in [0.05, 0.1) is 5.54 Å². The lowest BCUT2D eigenvalue weighted by atomic mass is 9.84. The molecule has 3 aromatic carbocycles. The summed E-state index contributed by atoms with van der Waals surface area (Å²) in [4.78, 5) is 12.5. The Bertz CT molecular complexity index is 826. The monoisotopic (exact) mass is 349 g/mol. The average molecular weight is 349 g/mol. The Morgan fingerprint density at radius 1 is 0.923 bits per heavy atom. The highest BCUT2D eigenvalue weighted by atomic mass is 19.1. The van der Waals surface area contributed by atoms with Gasteiger partial charge in [-0.15, -0.1) is 0 Å². The molecule has 3 rings (SSSR count). The third kappa shape index (κ3) is 4.09. The molecule has 132 valence electrons. The zero-order chi connectivity index (χ0) is 18.4. The summed E-state index contributed by atoms with van der Waals surface area (Å²) in [7, 11) is 0. The first-order valence-electron chi connectivity index (χ1n) is 8.38. The van der Waals surface area contributed by atoms with E-state index in [4.69, 9.17) is 4.74 Å². The van der Waals surface area contributed by atoms with Crippen LogP contribution in [0.1, 0.15) is 18.1 Å². The second-order valence-electron chi connectivity index (χ2n) is 6.15. The predicted octanol–water partition coefficient (Wildman–Crippen LogP) is 4.28. The normalized spacial score (nSPS) is 11.0. The van der Waals surface area contributed by atoms with Gasteiger partial charge in [0, 0.05) is 6.07 Å². The first-order chi connectivity index (χ1) is 12.6. The molecule has 0 atom stereocenters.